The minimum Gasteiger partial charge on any atom is -0.443 e. The molecule has 1 aromatic heterocycles. The molecule has 0 spiro atoms. The second kappa shape index (κ2) is 6.27. The van der Waals surface area contributed by atoms with Crippen LogP contribution in [0.2, 0.25) is 0 Å². The predicted molar refractivity (Wildman–Crippen MR) is 82.2 cm³/mol. The molecule has 0 aliphatic carbocycles. The van der Waals surface area contributed by atoms with E-state index in [4.69, 9.17) is 4.42 Å². The maximum atomic E-state index is 12.4. The molecule has 2 aromatic rings. The van der Waals surface area contributed by atoms with Crippen molar-refractivity contribution in [3.63, 3.8) is 0 Å². The molecule has 1 heterocycles. The van der Waals surface area contributed by atoms with Gasteiger partial charge in [0.2, 0.25) is 15.7 Å². The van der Waals surface area contributed by atoms with Gasteiger partial charge in [0, 0.05) is 11.1 Å². The third-order valence-corrected chi connectivity index (χ3v) is 4.55. The zero-order valence-electron chi connectivity index (χ0n) is 13.0. The van der Waals surface area contributed by atoms with Crippen molar-refractivity contribution in [3.05, 3.63) is 42.1 Å². The first kappa shape index (κ1) is 17.4. The third-order valence-electron chi connectivity index (χ3n) is 3.15. The lowest BCUT2D eigenvalue weighted by Crippen LogP contribution is -2.11. The Morgan fingerprint density at radius 2 is 1.83 bits per heavy atom. The Morgan fingerprint density at radius 3 is 2.30 bits per heavy atom. The Kier molecular flexibility index (Phi) is 4.74. The molecule has 0 saturated heterocycles. The molecule has 8 heteroatoms. The summed E-state index contributed by atoms with van der Waals surface area (Å²) in [5.74, 6) is -2.18. The molecule has 0 aliphatic heterocycles. The van der Waals surface area contributed by atoms with Gasteiger partial charge in [-0.15, -0.1) is 0 Å². The summed E-state index contributed by atoms with van der Waals surface area (Å²) >= 11 is 0. The third kappa shape index (κ3) is 4.07. The number of halogens is 2. The van der Waals surface area contributed by atoms with E-state index in [-0.39, 0.29) is 5.41 Å². The maximum absolute atomic E-state index is 12.4. The number of nitrogens with one attached hydrogen (secondary N) is 1. The molecule has 0 aliphatic rings. The average molecular weight is 344 g/mol. The highest BCUT2D eigenvalue weighted by Crippen LogP contribution is 2.23. The Labute approximate surface area is 133 Å². The van der Waals surface area contributed by atoms with E-state index in [9.17, 15) is 17.2 Å². The fourth-order valence-electron chi connectivity index (χ4n) is 1.78. The van der Waals surface area contributed by atoms with E-state index in [0.29, 0.717) is 18.1 Å². The predicted octanol–water partition coefficient (Wildman–Crippen LogP) is 3.58. The summed E-state index contributed by atoms with van der Waals surface area (Å²) in [5, 5.41) is 3.00. The summed E-state index contributed by atoms with van der Waals surface area (Å²) < 4.78 is 53.1. The van der Waals surface area contributed by atoms with Crippen LogP contribution >= 0.6 is 0 Å². The largest absolute Gasteiger partial charge is 0.443 e. The van der Waals surface area contributed by atoms with Crippen molar-refractivity contribution < 1.29 is 21.6 Å². The summed E-state index contributed by atoms with van der Waals surface area (Å²) in [7, 11) is -4.57. The fourth-order valence-corrected chi connectivity index (χ4v) is 2.50. The minimum absolute atomic E-state index is 0.142. The van der Waals surface area contributed by atoms with Crippen LogP contribution in [0, 0.1) is 0 Å². The Morgan fingerprint density at radius 1 is 1.22 bits per heavy atom. The lowest BCUT2D eigenvalue weighted by Gasteiger charge is -2.13. The Bertz CT molecular complexity index is 763. The summed E-state index contributed by atoms with van der Waals surface area (Å²) in [5.41, 5.74) is 0.435. The van der Waals surface area contributed by atoms with Crippen LogP contribution in [0.5, 0.6) is 0 Å². The first-order valence-electron chi connectivity index (χ1n) is 6.92. The molecule has 126 valence electrons. The van der Waals surface area contributed by atoms with Gasteiger partial charge in [-0.3, -0.25) is 0 Å². The van der Waals surface area contributed by atoms with Crippen molar-refractivity contribution in [2.45, 2.75) is 43.4 Å². The van der Waals surface area contributed by atoms with Gasteiger partial charge in [-0.05, 0) is 24.3 Å². The van der Waals surface area contributed by atoms with Crippen LogP contribution in [-0.4, -0.2) is 19.2 Å². The van der Waals surface area contributed by atoms with Crippen LogP contribution in [0.15, 0.2) is 39.8 Å². The molecular formula is C15H18F2N2O3S. The van der Waals surface area contributed by atoms with Crippen molar-refractivity contribution in [1.29, 1.82) is 0 Å². The smallest absolute Gasteiger partial charge is 0.341 e. The molecule has 1 N–H and O–H groups in total. The summed E-state index contributed by atoms with van der Waals surface area (Å²) in [6.45, 7) is 6.32. The number of hydrogen-bond donors (Lipinski definition) is 1. The molecule has 5 nitrogen and oxygen atoms in total. The lowest BCUT2D eigenvalue weighted by molar-refractivity contribution is 0.234. The van der Waals surface area contributed by atoms with Gasteiger partial charge in [-0.2, -0.15) is 8.78 Å². The summed E-state index contributed by atoms with van der Waals surface area (Å²) in [6.07, 6.45) is 1.66. The molecular weight excluding hydrogens is 326 g/mol. The SMILES string of the molecule is CC(C)(C)c1cnc(CNc2ccc(S(=O)(=O)C(F)F)cc2)o1. The normalized spacial score (nSPS) is 12.6. The van der Waals surface area contributed by atoms with Crippen molar-refractivity contribution in [3.8, 4) is 0 Å². The minimum atomic E-state index is -4.57. The average Bonchev–Trinajstić information content (AvgIpc) is 2.94. The van der Waals surface area contributed by atoms with Gasteiger partial charge in [-0.25, -0.2) is 13.4 Å². The van der Waals surface area contributed by atoms with E-state index < -0.39 is 20.5 Å². The van der Waals surface area contributed by atoms with Crippen LogP contribution in [0.25, 0.3) is 0 Å². The number of benzene rings is 1. The number of rotatable bonds is 5. The van der Waals surface area contributed by atoms with Crippen LogP contribution in [0.3, 0.4) is 0 Å². The Balaban J connectivity index is 2.04. The van der Waals surface area contributed by atoms with Crippen LogP contribution < -0.4 is 5.32 Å². The van der Waals surface area contributed by atoms with Gasteiger partial charge in [0.15, 0.2) is 0 Å². The number of alkyl halides is 2. The summed E-state index contributed by atoms with van der Waals surface area (Å²) in [6, 6.07) is 5.12. The van der Waals surface area contributed by atoms with Crippen LogP contribution in [0.1, 0.15) is 32.4 Å². The van der Waals surface area contributed by atoms with Crippen molar-refractivity contribution >= 4 is 15.5 Å². The molecule has 23 heavy (non-hydrogen) atoms. The zero-order valence-corrected chi connectivity index (χ0v) is 13.8. The topological polar surface area (TPSA) is 72.2 Å². The highest BCUT2D eigenvalue weighted by molar-refractivity contribution is 7.91. The highest BCUT2D eigenvalue weighted by Gasteiger charge is 2.26. The van der Waals surface area contributed by atoms with E-state index >= 15 is 0 Å². The number of nitrogens with zero attached hydrogens (tertiary/aromatic N) is 1. The van der Waals surface area contributed by atoms with E-state index in [1.54, 1.807) is 6.20 Å². The number of sulfone groups is 1. The maximum Gasteiger partial charge on any atom is 0.341 e. The molecule has 0 bridgehead atoms. The molecule has 1 aromatic carbocycles. The quantitative estimate of drug-likeness (QED) is 0.897. The molecule has 0 atom stereocenters. The van der Waals surface area contributed by atoms with Crippen molar-refractivity contribution in [2.24, 2.45) is 0 Å². The van der Waals surface area contributed by atoms with Crippen LogP contribution in [0.4, 0.5) is 14.5 Å². The lowest BCUT2D eigenvalue weighted by atomic mass is 9.94. The number of anilines is 1. The number of hydrogen-bond acceptors (Lipinski definition) is 5. The van der Waals surface area contributed by atoms with Gasteiger partial charge in [0.25, 0.3) is 0 Å². The van der Waals surface area contributed by atoms with E-state index in [1.807, 2.05) is 20.8 Å². The number of oxazole rings is 1. The second-order valence-electron chi connectivity index (χ2n) is 6.05. The Hall–Kier alpha value is -1.96. The zero-order chi connectivity index (χ0) is 17.3. The first-order chi connectivity index (χ1) is 10.6. The molecule has 0 radical (unpaired) electrons. The van der Waals surface area contributed by atoms with Crippen LogP contribution in [-0.2, 0) is 21.8 Å². The fraction of sp³-hybridized carbons (Fsp3) is 0.400. The van der Waals surface area contributed by atoms with Gasteiger partial charge >= 0.3 is 5.76 Å². The van der Waals surface area contributed by atoms with Gasteiger partial charge < -0.3 is 9.73 Å². The molecule has 0 amide bonds. The van der Waals surface area contributed by atoms with E-state index in [1.165, 1.54) is 12.1 Å². The van der Waals surface area contributed by atoms with Gasteiger partial charge in [0.05, 0.1) is 17.6 Å². The molecule has 0 fully saturated rings. The first-order valence-corrected chi connectivity index (χ1v) is 8.46. The summed E-state index contributed by atoms with van der Waals surface area (Å²) in [4.78, 5) is 3.74. The van der Waals surface area contributed by atoms with Crippen molar-refractivity contribution in [1.82, 2.24) is 4.98 Å². The standard InChI is InChI=1S/C15H18F2N2O3S/c1-15(2,3)12-8-19-13(22-12)9-18-10-4-6-11(7-5-10)23(20,21)14(16)17/h4-8,14,18H,9H2,1-3H3. The second-order valence-corrected chi connectivity index (χ2v) is 7.97. The van der Waals surface area contributed by atoms with E-state index in [0.717, 1.165) is 17.9 Å². The molecule has 0 unspecified atom stereocenters. The van der Waals surface area contributed by atoms with E-state index in [2.05, 4.69) is 10.3 Å². The molecule has 0 saturated carbocycles. The van der Waals surface area contributed by atoms with Crippen molar-refractivity contribution in [2.75, 3.05) is 5.32 Å². The van der Waals surface area contributed by atoms with Gasteiger partial charge in [0.1, 0.15) is 5.76 Å². The highest BCUT2D eigenvalue weighted by atomic mass is 32.2. The number of aromatic nitrogens is 1. The monoisotopic (exact) mass is 344 g/mol. The van der Waals surface area contributed by atoms with Gasteiger partial charge in [-0.1, -0.05) is 20.8 Å². The molecule has 2 rings (SSSR count).